The van der Waals surface area contributed by atoms with Crippen LogP contribution in [-0.4, -0.2) is 16.9 Å². The fourth-order valence-electron chi connectivity index (χ4n) is 3.00. The lowest BCUT2D eigenvalue weighted by atomic mass is 10.1. The predicted molar refractivity (Wildman–Crippen MR) is 109 cm³/mol. The van der Waals surface area contributed by atoms with Crippen LogP contribution in [0.5, 0.6) is 0 Å². The Balaban J connectivity index is 1.76. The van der Waals surface area contributed by atoms with E-state index in [1.807, 2.05) is 0 Å². The third-order valence-electron chi connectivity index (χ3n) is 4.23. The Kier molecular flexibility index (Phi) is 5.90. The van der Waals surface area contributed by atoms with E-state index >= 15 is 0 Å². The molecule has 5 nitrogen and oxygen atoms in total. The van der Waals surface area contributed by atoms with E-state index in [0.717, 1.165) is 37.7 Å². The van der Waals surface area contributed by atoms with Crippen molar-refractivity contribution in [2.45, 2.75) is 32.1 Å². The number of anilines is 1. The molecule has 0 atom stereocenters. The lowest BCUT2D eigenvalue weighted by molar-refractivity contribution is 0.0975. The van der Waals surface area contributed by atoms with Crippen LogP contribution in [0.2, 0.25) is 5.02 Å². The van der Waals surface area contributed by atoms with Gasteiger partial charge in [0.1, 0.15) is 5.00 Å². The van der Waals surface area contributed by atoms with Crippen LogP contribution in [0.1, 0.15) is 50.4 Å². The number of rotatable bonds is 3. The first kappa shape index (κ1) is 18.8. The normalized spacial score (nSPS) is 13.4. The minimum Gasteiger partial charge on any atom is -0.365 e. The second-order valence-corrected chi connectivity index (χ2v) is 8.00. The second kappa shape index (κ2) is 8.16. The number of benzene rings is 1. The van der Waals surface area contributed by atoms with Gasteiger partial charge in [0.25, 0.3) is 11.8 Å². The first-order chi connectivity index (χ1) is 12.5. The van der Waals surface area contributed by atoms with Crippen molar-refractivity contribution in [1.29, 1.82) is 0 Å². The molecule has 2 aromatic rings. The maximum atomic E-state index is 12.2. The highest BCUT2D eigenvalue weighted by Crippen LogP contribution is 2.37. The van der Waals surface area contributed by atoms with Gasteiger partial charge in [-0.25, -0.2) is 0 Å². The molecule has 0 bridgehead atoms. The summed E-state index contributed by atoms with van der Waals surface area (Å²) in [5, 5.41) is 6.87. The van der Waals surface area contributed by atoms with Crippen molar-refractivity contribution >= 4 is 57.1 Å². The molecular formula is C18H18ClN3O2S2. The molecule has 0 unspecified atom stereocenters. The van der Waals surface area contributed by atoms with E-state index < -0.39 is 5.91 Å². The number of thiophene rings is 1. The number of amides is 2. The van der Waals surface area contributed by atoms with E-state index in [1.165, 1.54) is 16.2 Å². The number of hydrogen-bond donors (Lipinski definition) is 3. The molecule has 1 aliphatic carbocycles. The van der Waals surface area contributed by atoms with Crippen molar-refractivity contribution in [2.24, 2.45) is 5.73 Å². The topological polar surface area (TPSA) is 84.2 Å². The van der Waals surface area contributed by atoms with Gasteiger partial charge >= 0.3 is 0 Å². The molecule has 2 amide bonds. The Bertz CT molecular complexity index is 862. The Labute approximate surface area is 165 Å². The predicted octanol–water partition coefficient (Wildman–Crippen LogP) is 3.90. The summed E-state index contributed by atoms with van der Waals surface area (Å²) in [6.45, 7) is 0. The van der Waals surface area contributed by atoms with E-state index in [4.69, 9.17) is 29.6 Å². The molecule has 26 heavy (non-hydrogen) atoms. The molecule has 8 heteroatoms. The van der Waals surface area contributed by atoms with Crippen LogP contribution in [-0.2, 0) is 12.8 Å². The summed E-state index contributed by atoms with van der Waals surface area (Å²) in [5.74, 6) is -0.823. The average Bonchev–Trinajstić information content (AvgIpc) is 2.76. The lowest BCUT2D eigenvalue weighted by Crippen LogP contribution is -2.34. The number of carbonyl (C=O) groups is 2. The molecule has 0 radical (unpaired) electrons. The minimum absolute atomic E-state index is 0.129. The van der Waals surface area contributed by atoms with Gasteiger partial charge < -0.3 is 11.1 Å². The molecule has 4 N–H and O–H groups in total. The van der Waals surface area contributed by atoms with Gasteiger partial charge in [0.2, 0.25) is 0 Å². The lowest BCUT2D eigenvalue weighted by Gasteiger charge is -2.10. The molecule has 136 valence electrons. The number of carbonyl (C=O) groups excluding carboxylic acids is 2. The maximum absolute atomic E-state index is 12.2. The number of thiocarbonyl (C=S) groups is 1. The highest BCUT2D eigenvalue weighted by Gasteiger charge is 2.24. The molecular weight excluding hydrogens is 390 g/mol. The number of hydrogen-bond acceptors (Lipinski definition) is 4. The standard InChI is InChI=1S/C18H18ClN3O2S2/c19-11-8-6-10(7-9-11)16(24)21-18(25)22-17-14(15(20)23)12-4-2-1-3-5-13(12)26-17/h6-9H,1-5H2,(H2,20,23)(H2,21,22,24,25). The molecule has 1 aromatic carbocycles. The maximum Gasteiger partial charge on any atom is 0.257 e. The van der Waals surface area contributed by atoms with Crippen LogP contribution in [0.4, 0.5) is 5.00 Å². The second-order valence-electron chi connectivity index (χ2n) is 6.05. The van der Waals surface area contributed by atoms with E-state index in [0.29, 0.717) is 21.2 Å². The molecule has 0 fully saturated rings. The Hall–Kier alpha value is -1.96. The number of nitrogens with one attached hydrogen (secondary N) is 2. The summed E-state index contributed by atoms with van der Waals surface area (Å²) >= 11 is 12.6. The van der Waals surface area contributed by atoms with Crippen LogP contribution < -0.4 is 16.4 Å². The Morgan fingerprint density at radius 3 is 2.50 bits per heavy atom. The minimum atomic E-state index is -0.473. The van der Waals surface area contributed by atoms with Crippen molar-refractivity contribution in [2.75, 3.05) is 5.32 Å². The van der Waals surface area contributed by atoms with Crippen molar-refractivity contribution in [3.8, 4) is 0 Å². The number of nitrogens with two attached hydrogens (primary N) is 1. The molecule has 0 spiro atoms. The van der Waals surface area contributed by atoms with E-state index in [2.05, 4.69) is 10.6 Å². The third kappa shape index (κ3) is 4.23. The van der Waals surface area contributed by atoms with E-state index in [1.54, 1.807) is 24.3 Å². The van der Waals surface area contributed by atoms with Gasteiger partial charge in [-0.1, -0.05) is 18.0 Å². The summed E-state index contributed by atoms with van der Waals surface area (Å²) in [7, 11) is 0. The van der Waals surface area contributed by atoms with Crippen molar-refractivity contribution in [3.05, 3.63) is 50.9 Å². The number of fused-ring (bicyclic) bond motifs is 1. The zero-order valence-electron chi connectivity index (χ0n) is 13.9. The summed E-state index contributed by atoms with van der Waals surface area (Å²) in [5.41, 5.74) is 7.56. The quantitative estimate of drug-likeness (QED) is 0.532. The zero-order valence-corrected chi connectivity index (χ0v) is 16.3. The van der Waals surface area contributed by atoms with Gasteiger partial charge in [-0.05, 0) is 67.7 Å². The first-order valence-corrected chi connectivity index (χ1v) is 9.88. The molecule has 1 heterocycles. The van der Waals surface area contributed by atoms with Crippen LogP contribution in [0.25, 0.3) is 0 Å². The van der Waals surface area contributed by atoms with Gasteiger partial charge in [0, 0.05) is 15.5 Å². The number of primary amides is 1. The van der Waals surface area contributed by atoms with Gasteiger partial charge in [-0.3, -0.25) is 14.9 Å². The van der Waals surface area contributed by atoms with Crippen molar-refractivity contribution < 1.29 is 9.59 Å². The number of halogens is 1. The molecule has 0 aliphatic heterocycles. The van der Waals surface area contributed by atoms with Gasteiger partial charge in [-0.15, -0.1) is 11.3 Å². The Morgan fingerprint density at radius 1 is 1.12 bits per heavy atom. The molecule has 3 rings (SSSR count). The molecule has 0 saturated carbocycles. The number of aryl methyl sites for hydroxylation is 1. The molecule has 0 saturated heterocycles. The van der Waals surface area contributed by atoms with Crippen LogP contribution in [0.3, 0.4) is 0 Å². The Morgan fingerprint density at radius 2 is 1.81 bits per heavy atom. The SMILES string of the molecule is NC(=O)c1c(NC(=S)NC(=O)c2ccc(Cl)cc2)sc2c1CCCCC2. The van der Waals surface area contributed by atoms with Gasteiger partial charge in [0.15, 0.2) is 5.11 Å². The van der Waals surface area contributed by atoms with E-state index in [9.17, 15) is 9.59 Å². The summed E-state index contributed by atoms with van der Waals surface area (Å²) in [4.78, 5) is 25.4. The fraction of sp³-hybridized carbons (Fsp3) is 0.278. The third-order valence-corrected chi connectivity index (χ3v) is 5.89. The van der Waals surface area contributed by atoms with Crippen LogP contribution in [0.15, 0.2) is 24.3 Å². The average molecular weight is 408 g/mol. The largest absolute Gasteiger partial charge is 0.365 e. The zero-order chi connectivity index (χ0) is 18.7. The van der Waals surface area contributed by atoms with Crippen LogP contribution >= 0.6 is 35.2 Å². The highest BCUT2D eigenvalue weighted by molar-refractivity contribution is 7.80. The molecule has 1 aromatic heterocycles. The summed E-state index contributed by atoms with van der Waals surface area (Å²) < 4.78 is 0. The molecule has 1 aliphatic rings. The van der Waals surface area contributed by atoms with Crippen molar-refractivity contribution in [3.63, 3.8) is 0 Å². The van der Waals surface area contributed by atoms with Crippen molar-refractivity contribution in [1.82, 2.24) is 5.32 Å². The smallest absolute Gasteiger partial charge is 0.257 e. The van der Waals surface area contributed by atoms with Gasteiger partial charge in [0.05, 0.1) is 5.56 Å². The fourth-order valence-corrected chi connectivity index (χ4v) is 4.69. The summed E-state index contributed by atoms with van der Waals surface area (Å²) in [6.07, 6.45) is 5.07. The van der Waals surface area contributed by atoms with E-state index in [-0.39, 0.29) is 11.0 Å². The van der Waals surface area contributed by atoms with Crippen LogP contribution in [0, 0.1) is 0 Å². The monoisotopic (exact) mass is 407 g/mol. The first-order valence-electron chi connectivity index (χ1n) is 8.28. The highest BCUT2D eigenvalue weighted by atomic mass is 35.5. The summed E-state index contributed by atoms with van der Waals surface area (Å²) in [6, 6.07) is 6.49. The van der Waals surface area contributed by atoms with Gasteiger partial charge in [-0.2, -0.15) is 0 Å².